The number of H-pyrrole nitrogens is 1. The minimum Gasteiger partial charge on any atom is -0.497 e. The first-order valence-electron chi connectivity index (χ1n) is 7.46. The van der Waals surface area contributed by atoms with Gasteiger partial charge in [-0.15, -0.1) is 24.0 Å². The summed E-state index contributed by atoms with van der Waals surface area (Å²) in [5, 5.41) is 13.7. The molecule has 1 aromatic heterocycles. The predicted octanol–water partition coefficient (Wildman–Crippen LogP) is 2.56. The third-order valence-corrected chi connectivity index (χ3v) is 3.02. The van der Waals surface area contributed by atoms with Gasteiger partial charge in [0, 0.05) is 18.2 Å². The molecule has 0 saturated heterocycles. The Morgan fingerprint density at radius 3 is 2.46 bits per heavy atom. The van der Waals surface area contributed by atoms with Gasteiger partial charge in [-0.1, -0.05) is 0 Å². The van der Waals surface area contributed by atoms with Gasteiger partial charge in [0.25, 0.3) is 0 Å². The van der Waals surface area contributed by atoms with Crippen LogP contribution in [0.5, 0.6) is 5.75 Å². The van der Waals surface area contributed by atoms with Crippen LogP contribution in [0.1, 0.15) is 26.6 Å². The minimum atomic E-state index is -0.0580. The molecule has 1 aromatic carbocycles. The van der Waals surface area contributed by atoms with E-state index in [1.165, 1.54) is 0 Å². The van der Waals surface area contributed by atoms with E-state index in [0.717, 1.165) is 23.1 Å². The largest absolute Gasteiger partial charge is 0.497 e. The van der Waals surface area contributed by atoms with Crippen molar-refractivity contribution < 1.29 is 4.74 Å². The summed E-state index contributed by atoms with van der Waals surface area (Å²) in [6, 6.07) is 7.63. The Balaban J connectivity index is 0.00000288. The Morgan fingerprint density at radius 2 is 1.92 bits per heavy atom. The molecule has 3 N–H and O–H groups in total. The molecule has 0 saturated carbocycles. The van der Waals surface area contributed by atoms with Gasteiger partial charge in [0.2, 0.25) is 0 Å². The number of rotatable bonds is 4. The first kappa shape index (κ1) is 20.2. The number of nitrogens with one attached hydrogen (secondary N) is 3. The van der Waals surface area contributed by atoms with E-state index >= 15 is 0 Å². The summed E-state index contributed by atoms with van der Waals surface area (Å²) in [6.45, 7) is 6.75. The van der Waals surface area contributed by atoms with Crippen molar-refractivity contribution in [2.45, 2.75) is 32.9 Å². The number of ether oxygens (including phenoxy) is 1. The predicted molar refractivity (Wildman–Crippen MR) is 107 cm³/mol. The van der Waals surface area contributed by atoms with E-state index in [-0.39, 0.29) is 29.5 Å². The number of benzene rings is 1. The Bertz CT molecular complexity index is 660. The fourth-order valence-corrected chi connectivity index (χ4v) is 1.95. The van der Waals surface area contributed by atoms with Crippen molar-refractivity contribution >= 4 is 29.9 Å². The molecule has 24 heavy (non-hydrogen) atoms. The number of nitrogens with zero attached hydrogens (tertiary/aromatic N) is 3. The highest BCUT2D eigenvalue weighted by molar-refractivity contribution is 14.0. The Kier molecular flexibility index (Phi) is 7.46. The SMILES string of the molecule is CN=C(NCc1nc(-c2ccc(OC)cc2)n[nH]1)NC(C)(C)C.I. The number of aromatic nitrogens is 3. The number of guanidine groups is 1. The molecule has 132 valence electrons. The number of hydrogen-bond donors (Lipinski definition) is 3. The van der Waals surface area contributed by atoms with E-state index in [0.29, 0.717) is 12.4 Å². The van der Waals surface area contributed by atoms with Gasteiger partial charge < -0.3 is 15.4 Å². The van der Waals surface area contributed by atoms with Gasteiger partial charge in [0.05, 0.1) is 13.7 Å². The zero-order valence-electron chi connectivity index (χ0n) is 14.7. The van der Waals surface area contributed by atoms with Crippen LogP contribution in [0.4, 0.5) is 0 Å². The molecule has 0 unspecified atom stereocenters. The molecular weight excluding hydrogens is 419 g/mol. The van der Waals surface area contributed by atoms with Crippen LogP contribution in [0.2, 0.25) is 0 Å². The standard InChI is InChI=1S/C16H24N6O.HI/c1-16(2,3)20-15(17-4)18-10-13-19-14(22-21-13)11-6-8-12(23-5)9-7-11;/h6-9H,10H2,1-5H3,(H2,17,18,20)(H,19,21,22);1H. The molecule has 8 heteroatoms. The lowest BCUT2D eigenvalue weighted by atomic mass is 10.1. The lowest BCUT2D eigenvalue weighted by Crippen LogP contribution is -2.47. The van der Waals surface area contributed by atoms with Gasteiger partial charge in [-0.25, -0.2) is 4.98 Å². The first-order chi connectivity index (χ1) is 10.9. The third kappa shape index (κ3) is 5.99. The fraction of sp³-hybridized carbons (Fsp3) is 0.438. The van der Waals surface area contributed by atoms with Crippen molar-refractivity contribution in [3.63, 3.8) is 0 Å². The van der Waals surface area contributed by atoms with Crippen LogP contribution in [0, 0.1) is 0 Å². The maximum atomic E-state index is 5.15. The lowest BCUT2D eigenvalue weighted by molar-refractivity contribution is 0.415. The highest BCUT2D eigenvalue weighted by Crippen LogP contribution is 2.18. The van der Waals surface area contributed by atoms with E-state index in [1.807, 2.05) is 24.3 Å². The van der Waals surface area contributed by atoms with Crippen LogP contribution in [0.25, 0.3) is 11.4 Å². The van der Waals surface area contributed by atoms with E-state index in [2.05, 4.69) is 51.6 Å². The summed E-state index contributed by atoms with van der Waals surface area (Å²) in [5.74, 6) is 2.93. The molecule has 2 aromatic rings. The first-order valence-corrected chi connectivity index (χ1v) is 7.46. The van der Waals surface area contributed by atoms with E-state index < -0.39 is 0 Å². The third-order valence-electron chi connectivity index (χ3n) is 3.02. The van der Waals surface area contributed by atoms with Gasteiger partial charge in [0.1, 0.15) is 11.6 Å². The highest BCUT2D eigenvalue weighted by atomic mass is 127. The second kappa shape index (κ2) is 8.86. The fourth-order valence-electron chi connectivity index (χ4n) is 1.95. The number of hydrogen-bond acceptors (Lipinski definition) is 4. The number of halogens is 1. The Labute approximate surface area is 159 Å². The maximum absolute atomic E-state index is 5.15. The molecule has 0 radical (unpaired) electrons. The summed E-state index contributed by atoms with van der Waals surface area (Å²) < 4.78 is 5.15. The lowest BCUT2D eigenvalue weighted by Gasteiger charge is -2.23. The summed E-state index contributed by atoms with van der Waals surface area (Å²) in [7, 11) is 3.38. The van der Waals surface area contributed by atoms with Crippen LogP contribution in [0.3, 0.4) is 0 Å². The Hall–Kier alpha value is -1.84. The molecule has 2 rings (SSSR count). The van der Waals surface area contributed by atoms with Crippen molar-refractivity contribution in [3.05, 3.63) is 30.1 Å². The monoisotopic (exact) mass is 444 g/mol. The summed E-state index contributed by atoms with van der Waals surface area (Å²) in [5.41, 5.74) is 0.878. The quantitative estimate of drug-likeness (QED) is 0.384. The van der Waals surface area contributed by atoms with Gasteiger partial charge in [-0.3, -0.25) is 10.1 Å². The number of methoxy groups -OCH3 is 1. The molecule has 0 aliphatic heterocycles. The topological polar surface area (TPSA) is 87.2 Å². The highest BCUT2D eigenvalue weighted by Gasteiger charge is 2.12. The molecule has 0 atom stereocenters. The molecular formula is C16H25IN6O. The molecule has 0 bridgehead atoms. The maximum Gasteiger partial charge on any atom is 0.191 e. The minimum absolute atomic E-state index is 0. The average molecular weight is 444 g/mol. The van der Waals surface area contributed by atoms with Crippen LogP contribution in [-0.4, -0.2) is 40.8 Å². The molecule has 0 spiro atoms. The summed E-state index contributed by atoms with van der Waals surface area (Å²) >= 11 is 0. The van der Waals surface area contributed by atoms with Gasteiger partial charge in [-0.2, -0.15) is 5.10 Å². The van der Waals surface area contributed by atoms with Gasteiger partial charge >= 0.3 is 0 Å². The van der Waals surface area contributed by atoms with Crippen molar-refractivity contribution in [2.24, 2.45) is 4.99 Å². The normalized spacial score (nSPS) is 11.6. The molecule has 0 aliphatic rings. The van der Waals surface area contributed by atoms with Crippen LogP contribution in [-0.2, 0) is 6.54 Å². The van der Waals surface area contributed by atoms with Crippen molar-refractivity contribution in [1.29, 1.82) is 0 Å². The molecule has 0 amide bonds. The van der Waals surface area contributed by atoms with E-state index in [1.54, 1.807) is 14.2 Å². The molecule has 7 nitrogen and oxygen atoms in total. The number of aromatic amines is 1. The number of aliphatic imine (C=N–C) groups is 1. The van der Waals surface area contributed by atoms with Crippen molar-refractivity contribution in [2.75, 3.05) is 14.2 Å². The Morgan fingerprint density at radius 1 is 1.25 bits per heavy atom. The second-order valence-corrected chi connectivity index (χ2v) is 6.13. The summed E-state index contributed by atoms with van der Waals surface area (Å²) in [6.07, 6.45) is 0. The smallest absolute Gasteiger partial charge is 0.191 e. The summed E-state index contributed by atoms with van der Waals surface area (Å²) in [4.78, 5) is 8.68. The van der Waals surface area contributed by atoms with Crippen LogP contribution >= 0.6 is 24.0 Å². The van der Waals surface area contributed by atoms with E-state index in [4.69, 9.17) is 4.74 Å². The zero-order valence-corrected chi connectivity index (χ0v) is 17.0. The zero-order chi connectivity index (χ0) is 16.9. The van der Waals surface area contributed by atoms with Gasteiger partial charge in [0.15, 0.2) is 11.8 Å². The molecule has 0 aliphatic carbocycles. The second-order valence-electron chi connectivity index (χ2n) is 6.13. The molecule has 1 heterocycles. The van der Waals surface area contributed by atoms with Crippen LogP contribution < -0.4 is 15.4 Å². The molecule has 0 fully saturated rings. The van der Waals surface area contributed by atoms with Crippen molar-refractivity contribution in [3.8, 4) is 17.1 Å². The van der Waals surface area contributed by atoms with Crippen LogP contribution in [0.15, 0.2) is 29.3 Å². The average Bonchev–Trinajstić information content (AvgIpc) is 2.99. The van der Waals surface area contributed by atoms with Crippen molar-refractivity contribution in [1.82, 2.24) is 25.8 Å². The van der Waals surface area contributed by atoms with Gasteiger partial charge in [-0.05, 0) is 45.0 Å². The van der Waals surface area contributed by atoms with E-state index in [9.17, 15) is 0 Å².